The molecule has 0 aromatic heterocycles. The minimum absolute atomic E-state index is 0.113. The number of benzene rings is 2. The summed E-state index contributed by atoms with van der Waals surface area (Å²) in [5.74, 6) is -1.13. The lowest BCUT2D eigenvalue weighted by atomic mass is 9.94. The van der Waals surface area contributed by atoms with Crippen molar-refractivity contribution in [2.45, 2.75) is 17.9 Å². The highest BCUT2D eigenvalue weighted by Gasteiger charge is 2.39. The Morgan fingerprint density at radius 2 is 1.87 bits per heavy atom. The third kappa shape index (κ3) is 6.33. The van der Waals surface area contributed by atoms with Crippen LogP contribution in [-0.2, 0) is 19.6 Å². The summed E-state index contributed by atoms with van der Waals surface area (Å²) in [4.78, 5) is 30.0. The Balaban J connectivity index is 1.64. The van der Waals surface area contributed by atoms with Gasteiger partial charge in [0.1, 0.15) is 5.82 Å². The van der Waals surface area contributed by atoms with Gasteiger partial charge in [0.15, 0.2) is 0 Å². The third-order valence-corrected chi connectivity index (χ3v) is 8.75. The zero-order valence-electron chi connectivity index (χ0n) is 21.5. The quantitative estimate of drug-likeness (QED) is 0.362. The van der Waals surface area contributed by atoms with Crippen molar-refractivity contribution < 1.29 is 27.1 Å². The standard InChI is InChI=1S/C27H30ClFN4O5S/c1-3-12-33-23(18-31-13-15-32(16-14-31)39(36,37)22-10-8-20(28)9-11-22)24(26(34)38-4-2)25(30-27(33)35)19-6-5-7-21(29)17-19/h3,5-11,17,25H,1,4,12-16,18H2,2H3,(H,30,35). The van der Waals surface area contributed by atoms with Crippen molar-refractivity contribution in [2.24, 2.45) is 0 Å². The van der Waals surface area contributed by atoms with Gasteiger partial charge in [-0.05, 0) is 48.9 Å². The average Bonchev–Trinajstić information content (AvgIpc) is 2.91. The molecule has 1 saturated heterocycles. The van der Waals surface area contributed by atoms with Crippen molar-refractivity contribution in [3.8, 4) is 0 Å². The van der Waals surface area contributed by atoms with Gasteiger partial charge < -0.3 is 10.1 Å². The number of piperazine rings is 1. The Morgan fingerprint density at radius 1 is 1.18 bits per heavy atom. The smallest absolute Gasteiger partial charge is 0.338 e. The summed E-state index contributed by atoms with van der Waals surface area (Å²) in [6.45, 7) is 6.99. The molecule has 12 heteroatoms. The zero-order chi connectivity index (χ0) is 28.2. The molecular weight excluding hydrogens is 547 g/mol. The Kier molecular flexibility index (Phi) is 9.06. The molecule has 2 aliphatic rings. The lowest BCUT2D eigenvalue weighted by Crippen LogP contribution is -2.53. The number of esters is 1. The summed E-state index contributed by atoms with van der Waals surface area (Å²) >= 11 is 5.91. The fourth-order valence-corrected chi connectivity index (χ4v) is 6.23. The highest BCUT2D eigenvalue weighted by atomic mass is 35.5. The number of carbonyl (C=O) groups is 2. The first kappa shape index (κ1) is 28.8. The van der Waals surface area contributed by atoms with E-state index in [1.165, 1.54) is 51.7 Å². The van der Waals surface area contributed by atoms with Crippen LogP contribution in [0.15, 0.2) is 77.4 Å². The average molecular weight is 577 g/mol. The summed E-state index contributed by atoms with van der Waals surface area (Å²) in [7, 11) is -3.71. The fourth-order valence-electron chi connectivity index (χ4n) is 4.68. The second-order valence-corrected chi connectivity index (χ2v) is 11.4. The molecule has 0 saturated carbocycles. The van der Waals surface area contributed by atoms with E-state index in [2.05, 4.69) is 11.9 Å². The number of ether oxygens (including phenoxy) is 1. The maximum Gasteiger partial charge on any atom is 0.338 e. The molecule has 208 valence electrons. The first-order valence-electron chi connectivity index (χ1n) is 12.5. The van der Waals surface area contributed by atoms with Gasteiger partial charge in [0.25, 0.3) is 0 Å². The molecule has 0 spiro atoms. The lowest BCUT2D eigenvalue weighted by Gasteiger charge is -2.40. The summed E-state index contributed by atoms with van der Waals surface area (Å²) in [6.07, 6.45) is 1.54. The molecule has 4 rings (SSSR count). The molecule has 2 heterocycles. The molecule has 0 bridgehead atoms. The topological polar surface area (TPSA) is 99.3 Å². The Morgan fingerprint density at radius 3 is 2.49 bits per heavy atom. The van der Waals surface area contributed by atoms with Crippen molar-refractivity contribution in [2.75, 3.05) is 45.9 Å². The molecule has 2 aromatic rings. The number of nitrogens with zero attached hydrogens (tertiary/aromatic N) is 3. The van der Waals surface area contributed by atoms with E-state index < -0.39 is 33.9 Å². The zero-order valence-corrected chi connectivity index (χ0v) is 23.0. The Bertz CT molecular complexity index is 1370. The summed E-state index contributed by atoms with van der Waals surface area (Å²) in [6, 6.07) is 10.3. The van der Waals surface area contributed by atoms with E-state index in [0.29, 0.717) is 29.4 Å². The van der Waals surface area contributed by atoms with E-state index in [0.717, 1.165) is 0 Å². The summed E-state index contributed by atoms with van der Waals surface area (Å²) < 4.78 is 47.1. The van der Waals surface area contributed by atoms with Crippen molar-refractivity contribution in [3.63, 3.8) is 0 Å². The molecule has 1 unspecified atom stereocenters. The van der Waals surface area contributed by atoms with Crippen molar-refractivity contribution in [1.29, 1.82) is 0 Å². The first-order chi connectivity index (χ1) is 18.6. The SMILES string of the molecule is C=CCN1C(=O)NC(c2cccc(F)c2)C(C(=O)OCC)=C1CN1CCN(S(=O)(=O)c2ccc(Cl)cc2)CC1. The second kappa shape index (κ2) is 12.3. The molecule has 1 fully saturated rings. The van der Waals surface area contributed by atoms with Crippen molar-refractivity contribution >= 4 is 33.6 Å². The van der Waals surface area contributed by atoms with Crippen LogP contribution in [0.3, 0.4) is 0 Å². The van der Waals surface area contributed by atoms with Crippen LogP contribution >= 0.6 is 11.6 Å². The number of urea groups is 1. The highest BCUT2D eigenvalue weighted by Crippen LogP contribution is 2.33. The van der Waals surface area contributed by atoms with Gasteiger partial charge in [0, 0.05) is 50.0 Å². The van der Waals surface area contributed by atoms with Gasteiger partial charge in [-0.15, -0.1) is 6.58 Å². The van der Waals surface area contributed by atoms with Crippen LogP contribution in [0.4, 0.5) is 9.18 Å². The van der Waals surface area contributed by atoms with Gasteiger partial charge in [0.05, 0.1) is 23.1 Å². The number of carbonyl (C=O) groups excluding carboxylic acids is 2. The van der Waals surface area contributed by atoms with E-state index in [1.807, 2.05) is 4.90 Å². The van der Waals surface area contributed by atoms with Crippen LogP contribution in [0, 0.1) is 5.82 Å². The van der Waals surface area contributed by atoms with Gasteiger partial charge in [-0.25, -0.2) is 22.4 Å². The fraction of sp³-hybridized carbons (Fsp3) is 0.333. The second-order valence-electron chi connectivity index (χ2n) is 9.05. The minimum atomic E-state index is -3.71. The number of hydrogen-bond acceptors (Lipinski definition) is 6. The van der Waals surface area contributed by atoms with Crippen LogP contribution in [-0.4, -0.2) is 80.4 Å². The molecule has 2 aliphatic heterocycles. The van der Waals surface area contributed by atoms with Crippen LogP contribution in [0.2, 0.25) is 5.02 Å². The minimum Gasteiger partial charge on any atom is -0.463 e. The number of hydrogen-bond donors (Lipinski definition) is 1. The Labute approximate surface area is 232 Å². The number of amides is 2. The number of nitrogens with one attached hydrogen (secondary N) is 1. The molecule has 2 amide bonds. The highest BCUT2D eigenvalue weighted by molar-refractivity contribution is 7.89. The third-order valence-electron chi connectivity index (χ3n) is 6.58. The molecule has 0 aliphatic carbocycles. The van der Waals surface area contributed by atoms with Crippen LogP contribution < -0.4 is 5.32 Å². The van der Waals surface area contributed by atoms with E-state index in [4.69, 9.17) is 16.3 Å². The monoisotopic (exact) mass is 576 g/mol. The van der Waals surface area contributed by atoms with Crippen LogP contribution in [0.5, 0.6) is 0 Å². The molecule has 0 radical (unpaired) electrons. The van der Waals surface area contributed by atoms with Crippen molar-refractivity contribution in [1.82, 2.24) is 19.4 Å². The maximum absolute atomic E-state index is 14.1. The predicted molar refractivity (Wildman–Crippen MR) is 145 cm³/mol. The lowest BCUT2D eigenvalue weighted by molar-refractivity contribution is -0.139. The number of halogens is 2. The summed E-state index contributed by atoms with van der Waals surface area (Å²) in [5, 5.41) is 3.24. The molecule has 1 atom stereocenters. The van der Waals surface area contributed by atoms with Gasteiger partial charge in [-0.2, -0.15) is 4.31 Å². The van der Waals surface area contributed by atoms with Crippen LogP contribution in [0.1, 0.15) is 18.5 Å². The molecular formula is C27H30ClFN4O5S. The van der Waals surface area contributed by atoms with Crippen LogP contribution in [0.25, 0.3) is 0 Å². The maximum atomic E-state index is 14.1. The van der Waals surface area contributed by atoms with E-state index in [-0.39, 0.29) is 43.3 Å². The summed E-state index contributed by atoms with van der Waals surface area (Å²) in [5.41, 5.74) is 1.00. The molecule has 1 N–H and O–H groups in total. The van der Waals surface area contributed by atoms with Gasteiger partial charge in [0.2, 0.25) is 10.0 Å². The normalized spacial score (nSPS) is 19.1. The molecule has 9 nitrogen and oxygen atoms in total. The first-order valence-corrected chi connectivity index (χ1v) is 14.3. The predicted octanol–water partition coefficient (Wildman–Crippen LogP) is 3.56. The van der Waals surface area contributed by atoms with Gasteiger partial charge in [-0.1, -0.05) is 29.8 Å². The largest absolute Gasteiger partial charge is 0.463 e. The molecule has 39 heavy (non-hydrogen) atoms. The van der Waals surface area contributed by atoms with Gasteiger partial charge in [-0.3, -0.25) is 9.80 Å². The van der Waals surface area contributed by atoms with E-state index >= 15 is 0 Å². The van der Waals surface area contributed by atoms with E-state index in [9.17, 15) is 22.4 Å². The van der Waals surface area contributed by atoms with E-state index in [1.54, 1.807) is 19.1 Å². The van der Waals surface area contributed by atoms with Crippen molar-refractivity contribution in [3.05, 3.63) is 88.9 Å². The number of rotatable bonds is 9. The molecule has 2 aromatic carbocycles. The van der Waals surface area contributed by atoms with Gasteiger partial charge >= 0.3 is 12.0 Å². The number of sulfonamides is 1. The Hall–Kier alpha value is -3.25.